The van der Waals surface area contributed by atoms with Gasteiger partial charge in [0.25, 0.3) is 0 Å². The number of ether oxygens (including phenoxy) is 1. The van der Waals surface area contributed by atoms with Crippen LogP contribution in [0.25, 0.3) is 0 Å². The normalized spacial score (nSPS) is 10.5. The van der Waals surface area contributed by atoms with Crippen LogP contribution in [0.5, 0.6) is 5.75 Å². The van der Waals surface area contributed by atoms with Gasteiger partial charge < -0.3 is 10.1 Å². The van der Waals surface area contributed by atoms with Crippen LogP contribution in [0.4, 0.5) is 4.39 Å². The first-order valence-corrected chi connectivity index (χ1v) is 10.4. The lowest BCUT2D eigenvalue weighted by atomic mass is 10.1. The van der Waals surface area contributed by atoms with E-state index >= 15 is 0 Å². The second-order valence-corrected chi connectivity index (χ2v) is 8.05. The lowest BCUT2D eigenvalue weighted by Gasteiger charge is -2.14. The van der Waals surface area contributed by atoms with Crippen LogP contribution in [0, 0.1) is 5.82 Å². The van der Waals surface area contributed by atoms with Gasteiger partial charge in [-0.2, -0.15) is 0 Å². The number of rotatable bonds is 8. The first-order valence-electron chi connectivity index (χ1n) is 8.82. The minimum atomic E-state index is -0.171. The highest BCUT2D eigenvalue weighted by Crippen LogP contribution is 2.26. The van der Waals surface area contributed by atoms with Crippen molar-refractivity contribution >= 4 is 51.5 Å². The molecule has 0 heterocycles. The summed E-state index contributed by atoms with van der Waals surface area (Å²) in [5.74, 6) is 0.600. The Morgan fingerprint density at radius 1 is 0.931 bits per heavy atom. The molecule has 0 saturated heterocycles. The smallest absolute Gasteiger partial charge is 0.126 e. The van der Waals surface area contributed by atoms with E-state index in [1.807, 2.05) is 30.3 Å². The van der Waals surface area contributed by atoms with E-state index in [4.69, 9.17) is 27.9 Å². The summed E-state index contributed by atoms with van der Waals surface area (Å²) in [5.41, 5.74) is 2.58. The number of hydrogen-bond acceptors (Lipinski definition) is 2. The number of benzene rings is 3. The van der Waals surface area contributed by atoms with Crippen LogP contribution in [-0.4, -0.2) is 6.54 Å². The first kappa shape index (κ1) is 24.0. The highest BCUT2D eigenvalue weighted by Gasteiger charge is 2.08. The largest absolute Gasteiger partial charge is 0.489 e. The van der Waals surface area contributed by atoms with Gasteiger partial charge in [0.05, 0.1) is 0 Å². The van der Waals surface area contributed by atoms with Crippen LogP contribution < -0.4 is 10.1 Å². The van der Waals surface area contributed by atoms with Gasteiger partial charge in [0.2, 0.25) is 0 Å². The topological polar surface area (TPSA) is 21.3 Å². The van der Waals surface area contributed by atoms with Crippen molar-refractivity contribution in [3.05, 3.63) is 97.7 Å². The van der Waals surface area contributed by atoms with Gasteiger partial charge in [-0.05, 0) is 54.9 Å². The first-order chi connectivity index (χ1) is 13.5. The van der Waals surface area contributed by atoms with E-state index in [1.54, 1.807) is 24.3 Å². The summed E-state index contributed by atoms with van der Waals surface area (Å²) in [4.78, 5) is 0. The van der Waals surface area contributed by atoms with Gasteiger partial charge in [-0.25, -0.2) is 4.39 Å². The Morgan fingerprint density at radius 3 is 2.48 bits per heavy atom. The fourth-order valence-electron chi connectivity index (χ4n) is 2.77. The highest BCUT2D eigenvalue weighted by atomic mass is 79.9. The molecule has 0 unspecified atom stereocenters. The van der Waals surface area contributed by atoms with Crippen molar-refractivity contribution in [2.24, 2.45) is 0 Å². The molecule has 0 spiro atoms. The summed E-state index contributed by atoms with van der Waals surface area (Å²) in [7, 11) is 0. The van der Waals surface area contributed by atoms with Gasteiger partial charge in [-0.1, -0.05) is 63.4 Å². The summed E-state index contributed by atoms with van der Waals surface area (Å²) in [5, 5.41) is 4.52. The van der Waals surface area contributed by atoms with Gasteiger partial charge in [0.15, 0.2) is 0 Å². The van der Waals surface area contributed by atoms with E-state index in [1.165, 1.54) is 6.07 Å². The van der Waals surface area contributed by atoms with E-state index < -0.39 is 0 Å². The van der Waals surface area contributed by atoms with Gasteiger partial charge >= 0.3 is 0 Å². The molecule has 0 aliphatic rings. The Labute approximate surface area is 194 Å². The summed E-state index contributed by atoms with van der Waals surface area (Å²) in [6, 6.07) is 18.0. The Balaban J connectivity index is 0.00000300. The van der Waals surface area contributed by atoms with E-state index in [9.17, 15) is 4.39 Å². The zero-order valence-corrected chi connectivity index (χ0v) is 19.3. The molecule has 0 aromatic heterocycles. The average Bonchev–Trinajstić information content (AvgIpc) is 2.67. The van der Waals surface area contributed by atoms with Crippen molar-refractivity contribution < 1.29 is 9.13 Å². The zero-order valence-electron chi connectivity index (χ0n) is 15.4. The van der Waals surface area contributed by atoms with Crippen molar-refractivity contribution in [1.82, 2.24) is 5.32 Å². The molecule has 7 heteroatoms. The molecule has 29 heavy (non-hydrogen) atoms. The Bertz CT molecular complexity index is 955. The average molecular weight is 520 g/mol. The van der Waals surface area contributed by atoms with Crippen LogP contribution in [-0.2, 0) is 19.6 Å². The van der Waals surface area contributed by atoms with Crippen molar-refractivity contribution in [3.63, 3.8) is 0 Å². The van der Waals surface area contributed by atoms with Crippen molar-refractivity contribution in [2.45, 2.75) is 19.6 Å². The SMILES string of the molecule is Cl.Fc1ccccc1CCNCc1cc(Br)ccc1OCc1ccc(Cl)cc1Cl. The Hall–Kier alpha value is -1.30. The Kier molecular flexibility index (Phi) is 9.73. The van der Waals surface area contributed by atoms with Crippen LogP contribution in [0.1, 0.15) is 16.7 Å². The maximum absolute atomic E-state index is 13.7. The molecule has 1 N–H and O–H groups in total. The van der Waals surface area contributed by atoms with Gasteiger partial charge in [-0.15, -0.1) is 12.4 Å². The summed E-state index contributed by atoms with van der Waals surface area (Å²) in [6.45, 7) is 1.62. The minimum Gasteiger partial charge on any atom is -0.489 e. The maximum Gasteiger partial charge on any atom is 0.126 e. The van der Waals surface area contributed by atoms with Crippen LogP contribution in [0.3, 0.4) is 0 Å². The molecule has 0 bridgehead atoms. The monoisotopic (exact) mass is 517 g/mol. The standard InChI is InChI=1S/C22H19BrCl2FNO.ClH/c23-18-6-8-22(28-14-16-5-7-19(24)12-20(16)25)17(11-18)13-27-10-9-15-3-1-2-4-21(15)26;/h1-8,11-12,27H,9-10,13-14H2;1H. The molecule has 0 amide bonds. The number of halogens is 5. The lowest BCUT2D eigenvalue weighted by molar-refractivity contribution is 0.302. The molecule has 0 fully saturated rings. The fraction of sp³-hybridized carbons (Fsp3) is 0.182. The zero-order chi connectivity index (χ0) is 19.9. The predicted octanol–water partition coefficient (Wildman–Crippen LogP) is 7.23. The quantitative estimate of drug-likeness (QED) is 0.317. The third-order valence-electron chi connectivity index (χ3n) is 4.27. The maximum atomic E-state index is 13.7. The van der Waals surface area contributed by atoms with Gasteiger partial charge in [0.1, 0.15) is 18.2 Å². The van der Waals surface area contributed by atoms with Crippen LogP contribution in [0.15, 0.2) is 65.1 Å². The highest BCUT2D eigenvalue weighted by molar-refractivity contribution is 9.10. The number of nitrogens with one attached hydrogen (secondary N) is 1. The van der Waals surface area contributed by atoms with E-state index in [0.29, 0.717) is 41.7 Å². The second kappa shape index (κ2) is 11.8. The van der Waals surface area contributed by atoms with Crippen molar-refractivity contribution in [2.75, 3.05) is 6.54 Å². The lowest BCUT2D eigenvalue weighted by Crippen LogP contribution is -2.17. The molecular weight excluding hydrogens is 500 g/mol. The molecule has 3 aromatic carbocycles. The summed E-state index contributed by atoms with van der Waals surface area (Å²) in [6.07, 6.45) is 0.622. The molecular formula is C22H20BrCl3FNO. The van der Waals surface area contributed by atoms with E-state index in [0.717, 1.165) is 21.3 Å². The molecule has 3 rings (SSSR count). The molecule has 0 aliphatic heterocycles. The molecule has 0 atom stereocenters. The summed E-state index contributed by atoms with van der Waals surface area (Å²) < 4.78 is 20.7. The molecule has 2 nitrogen and oxygen atoms in total. The molecule has 0 saturated carbocycles. The van der Waals surface area contributed by atoms with Crippen LogP contribution in [0.2, 0.25) is 10.0 Å². The molecule has 0 radical (unpaired) electrons. The van der Waals surface area contributed by atoms with Crippen molar-refractivity contribution in [1.29, 1.82) is 0 Å². The molecule has 3 aromatic rings. The third kappa shape index (κ3) is 7.16. The Morgan fingerprint density at radius 2 is 1.72 bits per heavy atom. The third-order valence-corrected chi connectivity index (χ3v) is 5.35. The number of hydrogen-bond donors (Lipinski definition) is 1. The minimum absolute atomic E-state index is 0. The fourth-order valence-corrected chi connectivity index (χ4v) is 3.64. The second-order valence-electron chi connectivity index (χ2n) is 6.29. The predicted molar refractivity (Wildman–Crippen MR) is 124 cm³/mol. The van der Waals surface area contributed by atoms with Gasteiger partial charge in [0, 0.05) is 32.2 Å². The van der Waals surface area contributed by atoms with E-state index in [-0.39, 0.29) is 18.2 Å². The summed E-state index contributed by atoms with van der Waals surface area (Å²) >= 11 is 15.7. The van der Waals surface area contributed by atoms with Gasteiger partial charge in [-0.3, -0.25) is 0 Å². The molecule has 0 aliphatic carbocycles. The molecule has 154 valence electrons. The van der Waals surface area contributed by atoms with E-state index in [2.05, 4.69) is 21.2 Å². The van der Waals surface area contributed by atoms with Crippen molar-refractivity contribution in [3.8, 4) is 5.75 Å². The van der Waals surface area contributed by atoms with Crippen LogP contribution >= 0.6 is 51.5 Å².